The van der Waals surface area contributed by atoms with Crippen molar-refractivity contribution < 1.29 is 9.53 Å². The Morgan fingerprint density at radius 1 is 1.04 bits per heavy atom. The van der Waals surface area contributed by atoms with Crippen LogP contribution in [0.25, 0.3) is 11.1 Å². The van der Waals surface area contributed by atoms with Crippen LogP contribution in [-0.2, 0) is 9.53 Å². The maximum atomic E-state index is 11.1. The van der Waals surface area contributed by atoms with Crippen molar-refractivity contribution in [3.63, 3.8) is 0 Å². The van der Waals surface area contributed by atoms with E-state index in [2.05, 4.69) is 27.2 Å². The lowest BCUT2D eigenvalue weighted by Gasteiger charge is -2.09. The molecule has 6 nitrogen and oxygen atoms in total. The molecule has 0 aliphatic carbocycles. The van der Waals surface area contributed by atoms with E-state index in [1.807, 2.05) is 36.4 Å². The fourth-order valence-electron chi connectivity index (χ4n) is 2.62. The molecule has 2 aromatic carbocycles. The van der Waals surface area contributed by atoms with Crippen LogP contribution in [0.5, 0.6) is 0 Å². The predicted molar refractivity (Wildman–Crippen MR) is 106 cm³/mol. The number of hydrogen-bond acceptors (Lipinski definition) is 4. The van der Waals surface area contributed by atoms with Gasteiger partial charge in [0.05, 0.1) is 12.8 Å². The highest BCUT2D eigenvalue weighted by atomic mass is 16.5. The predicted octanol–water partition coefficient (Wildman–Crippen LogP) is 3.40. The lowest BCUT2D eigenvalue weighted by atomic mass is 10.0. The van der Waals surface area contributed by atoms with Crippen molar-refractivity contribution in [2.75, 3.05) is 19.0 Å². The minimum atomic E-state index is -0.145. The number of unbranched alkanes of at least 4 members (excludes halogenated alkanes) is 2. The second-order valence-electron chi connectivity index (χ2n) is 5.98. The number of nitrogens with zero attached hydrogens (tertiary/aromatic N) is 1. The van der Waals surface area contributed by atoms with Gasteiger partial charge in [-0.05, 0) is 48.2 Å². The van der Waals surface area contributed by atoms with E-state index in [9.17, 15) is 4.79 Å². The summed E-state index contributed by atoms with van der Waals surface area (Å²) < 4.78 is 4.63. The second-order valence-corrected chi connectivity index (χ2v) is 5.98. The van der Waals surface area contributed by atoms with Crippen molar-refractivity contribution in [2.45, 2.75) is 25.7 Å². The van der Waals surface area contributed by atoms with Crippen molar-refractivity contribution in [3.8, 4) is 11.1 Å². The maximum absolute atomic E-state index is 11.1. The molecule has 6 heteroatoms. The fraction of sp³-hybridized carbons (Fsp3) is 0.300. The first kappa shape index (κ1) is 19.3. The Labute approximate surface area is 154 Å². The number of nitrogens with two attached hydrogens (primary N) is 2. The third kappa shape index (κ3) is 6.47. The minimum Gasteiger partial charge on any atom is -0.469 e. The second kappa shape index (κ2) is 10.1. The molecule has 0 aliphatic heterocycles. The topological polar surface area (TPSA) is 103 Å². The van der Waals surface area contributed by atoms with Gasteiger partial charge in [0.15, 0.2) is 5.96 Å². The van der Waals surface area contributed by atoms with Crippen molar-refractivity contribution >= 4 is 23.3 Å². The summed E-state index contributed by atoms with van der Waals surface area (Å²) in [7, 11) is 1.42. The van der Waals surface area contributed by atoms with Gasteiger partial charge < -0.3 is 21.5 Å². The molecule has 2 rings (SSSR count). The highest BCUT2D eigenvalue weighted by molar-refractivity contribution is 5.80. The van der Waals surface area contributed by atoms with Crippen LogP contribution in [0.1, 0.15) is 25.7 Å². The lowest BCUT2D eigenvalue weighted by Crippen LogP contribution is -2.21. The number of esters is 1. The number of anilines is 1. The van der Waals surface area contributed by atoms with Gasteiger partial charge in [0.25, 0.3) is 0 Å². The SMILES string of the molecule is COC(=O)CCCCCNc1cccc(-c2cccc(N=C(N)N)c2)c1. The van der Waals surface area contributed by atoms with Crippen LogP contribution < -0.4 is 16.8 Å². The summed E-state index contributed by atoms with van der Waals surface area (Å²) in [6, 6.07) is 16.0. The number of methoxy groups -OCH3 is 1. The molecule has 2 aromatic rings. The van der Waals surface area contributed by atoms with E-state index in [1.54, 1.807) is 0 Å². The first-order valence-electron chi connectivity index (χ1n) is 8.69. The van der Waals surface area contributed by atoms with E-state index < -0.39 is 0 Å². The molecule has 0 spiro atoms. The fourth-order valence-corrected chi connectivity index (χ4v) is 2.62. The summed E-state index contributed by atoms with van der Waals surface area (Å²) in [6.07, 6.45) is 3.33. The summed E-state index contributed by atoms with van der Waals surface area (Å²) in [5, 5.41) is 3.42. The quantitative estimate of drug-likeness (QED) is 0.277. The smallest absolute Gasteiger partial charge is 0.305 e. The molecule has 0 radical (unpaired) electrons. The van der Waals surface area contributed by atoms with Crippen LogP contribution in [0.4, 0.5) is 11.4 Å². The molecule has 0 fully saturated rings. The highest BCUT2D eigenvalue weighted by Crippen LogP contribution is 2.26. The molecule has 0 saturated heterocycles. The van der Waals surface area contributed by atoms with Crippen LogP contribution in [0, 0.1) is 0 Å². The number of ether oxygens (including phenoxy) is 1. The first-order valence-corrected chi connectivity index (χ1v) is 8.69. The maximum Gasteiger partial charge on any atom is 0.305 e. The van der Waals surface area contributed by atoms with Crippen LogP contribution in [-0.4, -0.2) is 25.6 Å². The molecule has 0 aromatic heterocycles. The standard InChI is InChI=1S/C20H26N4O2/c1-26-19(25)11-3-2-4-12-23-17-9-5-7-15(13-17)16-8-6-10-18(14-16)24-20(21)22/h5-10,13-14,23H,2-4,11-12H2,1H3,(H4,21,22,24). The number of hydrogen-bond donors (Lipinski definition) is 3. The Morgan fingerprint density at radius 2 is 1.77 bits per heavy atom. The molecule has 138 valence electrons. The van der Waals surface area contributed by atoms with Crippen molar-refractivity contribution in [3.05, 3.63) is 48.5 Å². The zero-order chi connectivity index (χ0) is 18.8. The molecule has 0 bridgehead atoms. The van der Waals surface area contributed by atoms with Gasteiger partial charge in [-0.2, -0.15) is 0 Å². The third-order valence-electron chi connectivity index (χ3n) is 3.91. The largest absolute Gasteiger partial charge is 0.469 e. The molecule has 26 heavy (non-hydrogen) atoms. The van der Waals surface area contributed by atoms with E-state index in [0.29, 0.717) is 6.42 Å². The molecular weight excluding hydrogens is 328 g/mol. The molecule has 0 unspecified atom stereocenters. The Balaban J connectivity index is 1.90. The Morgan fingerprint density at radius 3 is 2.50 bits per heavy atom. The van der Waals surface area contributed by atoms with Gasteiger partial charge in [-0.1, -0.05) is 30.7 Å². The van der Waals surface area contributed by atoms with Crippen LogP contribution in [0.3, 0.4) is 0 Å². The number of rotatable bonds is 9. The zero-order valence-corrected chi connectivity index (χ0v) is 15.1. The Kier molecular flexibility index (Phi) is 7.49. The van der Waals surface area contributed by atoms with Crippen molar-refractivity contribution in [1.29, 1.82) is 0 Å². The molecule has 0 aliphatic rings. The molecule has 0 saturated carbocycles. The summed E-state index contributed by atoms with van der Waals surface area (Å²) in [6.45, 7) is 0.860. The van der Waals surface area contributed by atoms with Crippen molar-refractivity contribution in [1.82, 2.24) is 0 Å². The monoisotopic (exact) mass is 354 g/mol. The number of guanidine groups is 1. The van der Waals surface area contributed by atoms with E-state index in [1.165, 1.54) is 7.11 Å². The third-order valence-corrected chi connectivity index (χ3v) is 3.91. The van der Waals surface area contributed by atoms with E-state index in [0.717, 1.165) is 48.3 Å². The minimum absolute atomic E-state index is 0.0461. The van der Waals surface area contributed by atoms with Gasteiger partial charge in [0.2, 0.25) is 0 Å². The zero-order valence-electron chi connectivity index (χ0n) is 15.1. The average Bonchev–Trinajstić information content (AvgIpc) is 2.64. The van der Waals surface area contributed by atoms with E-state index >= 15 is 0 Å². The summed E-state index contributed by atoms with van der Waals surface area (Å²) in [5.74, 6) is -0.0987. The summed E-state index contributed by atoms with van der Waals surface area (Å²) in [5.41, 5.74) is 14.8. The van der Waals surface area contributed by atoms with E-state index in [-0.39, 0.29) is 11.9 Å². The van der Waals surface area contributed by atoms with Gasteiger partial charge in [0, 0.05) is 18.7 Å². The summed E-state index contributed by atoms with van der Waals surface area (Å²) >= 11 is 0. The average molecular weight is 354 g/mol. The number of benzene rings is 2. The van der Waals surface area contributed by atoms with Gasteiger partial charge >= 0.3 is 5.97 Å². The van der Waals surface area contributed by atoms with Gasteiger partial charge in [-0.15, -0.1) is 0 Å². The number of aliphatic imine (C=N–C) groups is 1. The molecule has 0 amide bonds. The molecule has 0 heterocycles. The highest BCUT2D eigenvalue weighted by Gasteiger charge is 2.02. The number of carbonyl (C=O) groups excluding carboxylic acids is 1. The van der Waals surface area contributed by atoms with Crippen LogP contribution in [0.2, 0.25) is 0 Å². The van der Waals surface area contributed by atoms with Gasteiger partial charge in [-0.25, -0.2) is 4.99 Å². The lowest BCUT2D eigenvalue weighted by molar-refractivity contribution is -0.140. The normalized spacial score (nSPS) is 10.2. The van der Waals surface area contributed by atoms with Gasteiger partial charge in [0.1, 0.15) is 0 Å². The molecular formula is C20H26N4O2. The first-order chi connectivity index (χ1) is 12.6. The molecule has 5 N–H and O–H groups in total. The Hall–Kier alpha value is -3.02. The number of nitrogens with one attached hydrogen (secondary N) is 1. The van der Waals surface area contributed by atoms with Crippen LogP contribution in [0.15, 0.2) is 53.5 Å². The summed E-state index contributed by atoms with van der Waals surface area (Å²) in [4.78, 5) is 15.1. The number of carbonyl (C=O) groups is 1. The Bertz CT molecular complexity index is 755. The molecule has 0 atom stereocenters. The van der Waals surface area contributed by atoms with Crippen LogP contribution >= 0.6 is 0 Å². The van der Waals surface area contributed by atoms with Gasteiger partial charge in [-0.3, -0.25) is 4.79 Å². The van der Waals surface area contributed by atoms with E-state index in [4.69, 9.17) is 11.5 Å². The van der Waals surface area contributed by atoms with Crippen molar-refractivity contribution in [2.24, 2.45) is 16.5 Å².